The lowest BCUT2D eigenvalue weighted by Crippen LogP contribution is -2.31. The van der Waals surface area contributed by atoms with Crippen LogP contribution in [0.4, 0.5) is 4.39 Å². The summed E-state index contributed by atoms with van der Waals surface area (Å²) in [5.74, 6) is 0.685. The summed E-state index contributed by atoms with van der Waals surface area (Å²) in [5, 5.41) is 9.77. The summed E-state index contributed by atoms with van der Waals surface area (Å²) in [7, 11) is 0. The highest BCUT2D eigenvalue weighted by Crippen LogP contribution is 2.48. The Morgan fingerprint density at radius 3 is 2.68 bits per heavy atom. The number of hydrogen-bond acceptors (Lipinski definition) is 3. The lowest BCUT2D eigenvalue weighted by molar-refractivity contribution is -0.156. The molecule has 4 heteroatoms. The van der Waals surface area contributed by atoms with Crippen molar-refractivity contribution in [3.05, 3.63) is 53.4 Å². The second kappa shape index (κ2) is 6.75. The molecule has 1 aromatic rings. The Morgan fingerprint density at radius 1 is 1.12 bits per heavy atom. The highest BCUT2D eigenvalue weighted by Gasteiger charge is 2.34. The standard InChI is InChI=1S/C21H23FO3/c22-16-5-3-14(4-6-16)20-10-13-1-2-15(9-13)19(20)8-7-18-11-17(23)12-21(24)25-18/h3-8,13,15,17-18,23H,1-2,9-12H2/t13-,15-,17?,18?/m0/s1. The first kappa shape index (κ1) is 16.5. The number of benzene rings is 1. The summed E-state index contributed by atoms with van der Waals surface area (Å²) >= 11 is 0. The SMILES string of the molecule is O=C1CC(O)CC(C=CC2=C(c3ccc(F)cc3)C[C@H]3CC[C@H]2C3)O1. The summed E-state index contributed by atoms with van der Waals surface area (Å²) in [6.45, 7) is 0. The molecule has 4 rings (SSSR count). The minimum atomic E-state index is -0.622. The minimum Gasteiger partial charge on any atom is -0.458 e. The zero-order valence-electron chi connectivity index (χ0n) is 14.2. The Balaban J connectivity index is 1.64. The van der Waals surface area contributed by atoms with Crippen LogP contribution in [0.15, 0.2) is 42.0 Å². The topological polar surface area (TPSA) is 46.5 Å². The quantitative estimate of drug-likeness (QED) is 0.844. The maximum absolute atomic E-state index is 13.3. The van der Waals surface area contributed by atoms with Crippen LogP contribution in [0.25, 0.3) is 5.57 Å². The number of carbonyl (C=O) groups is 1. The van der Waals surface area contributed by atoms with E-state index in [2.05, 4.69) is 6.08 Å². The molecule has 1 aliphatic heterocycles. The number of aliphatic hydroxyl groups is 1. The molecule has 25 heavy (non-hydrogen) atoms. The molecule has 4 atom stereocenters. The molecule has 1 saturated carbocycles. The fourth-order valence-electron chi connectivity index (χ4n) is 4.51. The Hall–Kier alpha value is -1.94. The molecule has 2 aliphatic carbocycles. The third kappa shape index (κ3) is 3.54. The second-order valence-electron chi connectivity index (χ2n) is 7.50. The van der Waals surface area contributed by atoms with Gasteiger partial charge in [0.2, 0.25) is 0 Å². The Morgan fingerprint density at radius 2 is 1.92 bits per heavy atom. The highest BCUT2D eigenvalue weighted by molar-refractivity contribution is 5.73. The fourth-order valence-corrected chi connectivity index (χ4v) is 4.51. The van der Waals surface area contributed by atoms with Crippen molar-refractivity contribution in [2.24, 2.45) is 11.8 Å². The average Bonchev–Trinajstić information content (AvgIpc) is 2.96. The maximum Gasteiger partial charge on any atom is 0.309 e. The van der Waals surface area contributed by atoms with E-state index in [1.165, 1.54) is 42.5 Å². The molecule has 2 fully saturated rings. The van der Waals surface area contributed by atoms with Gasteiger partial charge in [0, 0.05) is 6.42 Å². The van der Waals surface area contributed by atoms with Crippen molar-refractivity contribution in [1.82, 2.24) is 0 Å². The first-order valence-electron chi connectivity index (χ1n) is 9.13. The lowest BCUT2D eigenvalue weighted by atomic mass is 9.80. The van der Waals surface area contributed by atoms with Gasteiger partial charge in [0.25, 0.3) is 0 Å². The molecular weight excluding hydrogens is 319 g/mol. The summed E-state index contributed by atoms with van der Waals surface area (Å²) in [5.41, 5.74) is 3.66. The van der Waals surface area contributed by atoms with E-state index >= 15 is 0 Å². The van der Waals surface area contributed by atoms with Crippen molar-refractivity contribution in [3.8, 4) is 0 Å². The predicted molar refractivity (Wildman–Crippen MR) is 93.0 cm³/mol. The Kier molecular flexibility index (Phi) is 4.46. The molecule has 0 spiro atoms. The first-order valence-corrected chi connectivity index (χ1v) is 9.13. The molecule has 0 radical (unpaired) electrons. The van der Waals surface area contributed by atoms with E-state index in [4.69, 9.17) is 4.74 Å². The van der Waals surface area contributed by atoms with Crippen molar-refractivity contribution in [2.75, 3.05) is 0 Å². The molecule has 1 N–H and O–H groups in total. The molecule has 1 heterocycles. The van der Waals surface area contributed by atoms with Gasteiger partial charge in [-0.2, -0.15) is 0 Å². The van der Waals surface area contributed by atoms with Crippen LogP contribution in [0.5, 0.6) is 0 Å². The molecule has 3 aliphatic rings. The zero-order valence-corrected chi connectivity index (χ0v) is 14.2. The van der Waals surface area contributed by atoms with Crippen molar-refractivity contribution in [1.29, 1.82) is 0 Å². The van der Waals surface area contributed by atoms with E-state index in [0.717, 1.165) is 17.9 Å². The van der Waals surface area contributed by atoms with Gasteiger partial charge >= 0.3 is 5.97 Å². The van der Waals surface area contributed by atoms with Crippen LogP contribution >= 0.6 is 0 Å². The Labute approximate surface area is 147 Å². The van der Waals surface area contributed by atoms with E-state index in [1.807, 2.05) is 18.2 Å². The first-order chi connectivity index (χ1) is 12.1. The van der Waals surface area contributed by atoms with Crippen LogP contribution in [0.2, 0.25) is 0 Å². The number of cyclic esters (lactones) is 1. The van der Waals surface area contributed by atoms with Crippen molar-refractivity contribution >= 4 is 11.5 Å². The van der Waals surface area contributed by atoms with Crippen LogP contribution in [0, 0.1) is 17.7 Å². The van der Waals surface area contributed by atoms with E-state index in [1.54, 1.807) is 0 Å². The zero-order chi connectivity index (χ0) is 17.4. The van der Waals surface area contributed by atoms with Gasteiger partial charge in [-0.1, -0.05) is 18.2 Å². The normalized spacial score (nSPS) is 32.3. The Bertz CT molecular complexity index is 719. The second-order valence-corrected chi connectivity index (χ2v) is 7.50. The van der Waals surface area contributed by atoms with E-state index in [-0.39, 0.29) is 24.3 Å². The van der Waals surface area contributed by atoms with E-state index in [0.29, 0.717) is 12.3 Å². The highest BCUT2D eigenvalue weighted by atomic mass is 19.1. The summed E-state index contributed by atoms with van der Waals surface area (Å²) in [6.07, 6.45) is 8.20. The number of ether oxygens (including phenoxy) is 1. The van der Waals surface area contributed by atoms with E-state index in [9.17, 15) is 14.3 Å². The number of carbonyl (C=O) groups excluding carboxylic acids is 1. The maximum atomic E-state index is 13.3. The number of aliphatic hydroxyl groups excluding tert-OH is 1. The van der Waals surface area contributed by atoms with Gasteiger partial charge < -0.3 is 9.84 Å². The van der Waals surface area contributed by atoms with Gasteiger partial charge in [0.1, 0.15) is 11.9 Å². The van der Waals surface area contributed by atoms with E-state index < -0.39 is 6.10 Å². The van der Waals surface area contributed by atoms with Gasteiger partial charge in [-0.05, 0) is 72.4 Å². The molecule has 1 aromatic carbocycles. The average molecular weight is 342 g/mol. The van der Waals surface area contributed by atoms with Crippen LogP contribution in [0.1, 0.15) is 44.1 Å². The van der Waals surface area contributed by atoms with Crippen LogP contribution in [-0.4, -0.2) is 23.3 Å². The van der Waals surface area contributed by atoms with Crippen molar-refractivity contribution < 1.29 is 19.0 Å². The van der Waals surface area contributed by atoms with Gasteiger partial charge in [-0.3, -0.25) is 4.79 Å². The van der Waals surface area contributed by atoms with Crippen LogP contribution < -0.4 is 0 Å². The molecular formula is C21H23FO3. The summed E-state index contributed by atoms with van der Waals surface area (Å²) < 4.78 is 18.6. The monoisotopic (exact) mass is 342 g/mol. The number of halogens is 1. The molecule has 2 unspecified atom stereocenters. The third-order valence-corrected chi connectivity index (χ3v) is 5.69. The molecule has 0 amide bonds. The minimum absolute atomic E-state index is 0.0815. The number of fused-ring (bicyclic) bond motifs is 2. The van der Waals surface area contributed by atoms with Gasteiger partial charge in [-0.25, -0.2) is 4.39 Å². The molecule has 1 saturated heterocycles. The molecule has 3 nitrogen and oxygen atoms in total. The number of rotatable bonds is 3. The largest absolute Gasteiger partial charge is 0.458 e. The van der Waals surface area contributed by atoms with Crippen LogP contribution in [-0.2, 0) is 9.53 Å². The van der Waals surface area contributed by atoms with Gasteiger partial charge in [-0.15, -0.1) is 0 Å². The predicted octanol–water partition coefficient (Wildman–Crippen LogP) is 4.02. The number of hydrogen-bond donors (Lipinski definition) is 1. The van der Waals surface area contributed by atoms with Crippen molar-refractivity contribution in [2.45, 2.75) is 50.7 Å². The number of esters is 1. The molecule has 2 bridgehead atoms. The lowest BCUT2D eigenvalue weighted by Gasteiger charge is -2.27. The van der Waals surface area contributed by atoms with Crippen molar-refractivity contribution in [3.63, 3.8) is 0 Å². The smallest absolute Gasteiger partial charge is 0.309 e. The fraction of sp³-hybridized carbons (Fsp3) is 0.476. The summed E-state index contributed by atoms with van der Waals surface area (Å²) in [6, 6.07) is 6.74. The summed E-state index contributed by atoms with van der Waals surface area (Å²) in [4.78, 5) is 11.5. The number of allylic oxidation sites excluding steroid dienone is 3. The van der Waals surface area contributed by atoms with Gasteiger partial charge in [0.05, 0.1) is 12.5 Å². The molecule has 132 valence electrons. The van der Waals surface area contributed by atoms with Gasteiger partial charge in [0.15, 0.2) is 0 Å². The van der Waals surface area contributed by atoms with Crippen LogP contribution in [0.3, 0.4) is 0 Å². The third-order valence-electron chi connectivity index (χ3n) is 5.69. The molecule has 0 aromatic heterocycles.